The second-order valence-corrected chi connectivity index (χ2v) is 8.55. The largest absolute Gasteiger partial charge is 0.480 e. The highest BCUT2D eigenvalue weighted by Crippen LogP contribution is 2.44. The zero-order valence-electron chi connectivity index (χ0n) is 17.0. The number of carbonyl (C=O) groups excluding carboxylic acids is 1. The van der Waals surface area contributed by atoms with E-state index >= 15 is 0 Å². The molecular weight excluding hydrogens is 402 g/mol. The predicted molar refractivity (Wildman–Crippen MR) is 114 cm³/mol. The van der Waals surface area contributed by atoms with Gasteiger partial charge in [-0.3, -0.25) is 4.79 Å². The Hall–Kier alpha value is -2.37. The van der Waals surface area contributed by atoms with Crippen LogP contribution in [0.3, 0.4) is 0 Å². The van der Waals surface area contributed by atoms with E-state index in [2.05, 4.69) is 12.1 Å². The highest BCUT2D eigenvalue weighted by atomic mass is 35.5. The van der Waals surface area contributed by atoms with Crippen molar-refractivity contribution in [3.63, 3.8) is 0 Å². The van der Waals surface area contributed by atoms with E-state index in [1.165, 1.54) is 23.3 Å². The standard InChI is InChI=1S/C24H26ClNO4/c1-2-3-20(24(28)29)26-21(27)14-30-23(18-10-12-19(25)13-11-18)22(26)17-8-6-16(7-9-17)15-4-5-15/h6-13,15,20,22-23H,2-5,14H2,1H3,(H,28,29)/t20-,22+,23-/m1/s1. The molecule has 3 atom stereocenters. The number of benzene rings is 2. The van der Waals surface area contributed by atoms with Gasteiger partial charge in [0, 0.05) is 5.02 Å². The minimum absolute atomic E-state index is 0.141. The molecule has 0 radical (unpaired) electrons. The number of nitrogens with zero attached hydrogens (tertiary/aromatic N) is 1. The fraction of sp³-hybridized carbons (Fsp3) is 0.417. The van der Waals surface area contributed by atoms with Gasteiger partial charge in [0.1, 0.15) is 18.8 Å². The van der Waals surface area contributed by atoms with Gasteiger partial charge in [0.15, 0.2) is 0 Å². The molecule has 0 aromatic heterocycles. The third-order valence-corrected chi connectivity index (χ3v) is 6.22. The molecule has 1 aliphatic carbocycles. The molecule has 2 fully saturated rings. The maximum absolute atomic E-state index is 12.9. The number of rotatable bonds is 7. The van der Waals surface area contributed by atoms with Crippen LogP contribution in [0.25, 0.3) is 0 Å². The lowest BCUT2D eigenvalue weighted by atomic mass is 9.90. The Bertz CT molecular complexity index is 908. The molecule has 0 spiro atoms. The number of carboxylic acid groups (broad SMARTS) is 1. The Balaban J connectivity index is 1.77. The van der Waals surface area contributed by atoms with Crippen molar-refractivity contribution in [2.75, 3.05) is 6.61 Å². The number of carboxylic acids is 1. The highest BCUT2D eigenvalue weighted by Gasteiger charge is 2.44. The first-order chi connectivity index (χ1) is 14.5. The third kappa shape index (κ3) is 4.23. The van der Waals surface area contributed by atoms with Crippen molar-refractivity contribution in [1.29, 1.82) is 0 Å². The Morgan fingerprint density at radius 2 is 1.70 bits per heavy atom. The summed E-state index contributed by atoms with van der Waals surface area (Å²) >= 11 is 6.06. The van der Waals surface area contributed by atoms with Crippen molar-refractivity contribution in [2.24, 2.45) is 0 Å². The van der Waals surface area contributed by atoms with Gasteiger partial charge < -0.3 is 14.7 Å². The van der Waals surface area contributed by atoms with Crippen LogP contribution in [-0.4, -0.2) is 34.5 Å². The van der Waals surface area contributed by atoms with Crippen LogP contribution in [0, 0.1) is 0 Å². The Morgan fingerprint density at radius 1 is 1.10 bits per heavy atom. The van der Waals surface area contributed by atoms with E-state index in [4.69, 9.17) is 16.3 Å². The Kier molecular flexibility index (Phi) is 6.11. The van der Waals surface area contributed by atoms with Crippen molar-refractivity contribution in [1.82, 2.24) is 4.90 Å². The van der Waals surface area contributed by atoms with Gasteiger partial charge in [-0.15, -0.1) is 0 Å². The molecular formula is C24H26ClNO4. The van der Waals surface area contributed by atoms with Gasteiger partial charge in [0.25, 0.3) is 0 Å². The number of morpholine rings is 1. The lowest BCUT2D eigenvalue weighted by molar-refractivity contribution is -0.171. The minimum Gasteiger partial charge on any atom is -0.480 e. The summed E-state index contributed by atoms with van der Waals surface area (Å²) in [5.41, 5.74) is 3.04. The molecule has 6 heteroatoms. The average Bonchev–Trinajstić information content (AvgIpc) is 3.58. The quantitative estimate of drug-likeness (QED) is 0.666. The maximum atomic E-state index is 12.9. The molecule has 2 aromatic carbocycles. The summed E-state index contributed by atoms with van der Waals surface area (Å²) in [6.07, 6.45) is 3.01. The van der Waals surface area contributed by atoms with Gasteiger partial charge in [-0.05, 0) is 54.0 Å². The van der Waals surface area contributed by atoms with Crippen LogP contribution in [0.15, 0.2) is 48.5 Å². The predicted octanol–water partition coefficient (Wildman–Crippen LogP) is 5.11. The topological polar surface area (TPSA) is 66.8 Å². The smallest absolute Gasteiger partial charge is 0.326 e. The molecule has 5 nitrogen and oxygen atoms in total. The van der Waals surface area contributed by atoms with Crippen molar-refractivity contribution in [2.45, 2.75) is 56.7 Å². The summed E-state index contributed by atoms with van der Waals surface area (Å²) in [6.45, 7) is 1.79. The van der Waals surface area contributed by atoms with E-state index in [1.807, 2.05) is 31.2 Å². The fourth-order valence-electron chi connectivity index (χ4n) is 4.30. The minimum atomic E-state index is -0.985. The molecule has 158 valence electrons. The molecule has 1 heterocycles. The molecule has 0 unspecified atom stereocenters. The number of hydrogen-bond acceptors (Lipinski definition) is 3. The zero-order chi connectivity index (χ0) is 21.3. The molecule has 2 aliphatic rings. The lowest BCUT2D eigenvalue weighted by Crippen LogP contribution is -2.53. The van der Waals surface area contributed by atoms with Gasteiger partial charge in [-0.25, -0.2) is 4.79 Å². The zero-order valence-corrected chi connectivity index (χ0v) is 17.7. The Labute approximate surface area is 181 Å². The molecule has 2 aromatic rings. The third-order valence-electron chi connectivity index (χ3n) is 5.97. The van der Waals surface area contributed by atoms with Crippen molar-refractivity contribution in [3.05, 3.63) is 70.2 Å². The van der Waals surface area contributed by atoms with Crippen molar-refractivity contribution < 1.29 is 19.4 Å². The number of carbonyl (C=O) groups is 2. The summed E-state index contributed by atoms with van der Waals surface area (Å²) in [5, 5.41) is 10.5. The number of halogens is 1. The van der Waals surface area contributed by atoms with Crippen LogP contribution >= 0.6 is 11.6 Å². The van der Waals surface area contributed by atoms with Gasteiger partial charge >= 0.3 is 5.97 Å². The normalized spacial score (nSPS) is 22.7. The van der Waals surface area contributed by atoms with E-state index in [-0.39, 0.29) is 12.5 Å². The molecule has 1 amide bonds. The van der Waals surface area contributed by atoms with E-state index in [1.54, 1.807) is 12.1 Å². The van der Waals surface area contributed by atoms with Gasteiger partial charge in [0.2, 0.25) is 5.91 Å². The molecule has 1 aliphatic heterocycles. The van der Waals surface area contributed by atoms with Crippen LogP contribution in [-0.2, 0) is 14.3 Å². The van der Waals surface area contributed by atoms with Crippen molar-refractivity contribution in [3.8, 4) is 0 Å². The molecule has 0 bridgehead atoms. The van der Waals surface area contributed by atoms with Crippen LogP contribution in [0.5, 0.6) is 0 Å². The number of aliphatic carboxylic acids is 1. The molecule has 30 heavy (non-hydrogen) atoms. The van der Waals surface area contributed by atoms with E-state index in [0.29, 0.717) is 23.8 Å². The summed E-state index contributed by atoms with van der Waals surface area (Å²) in [7, 11) is 0. The monoisotopic (exact) mass is 427 g/mol. The molecule has 1 saturated carbocycles. The van der Waals surface area contributed by atoms with E-state index in [9.17, 15) is 14.7 Å². The van der Waals surface area contributed by atoms with E-state index in [0.717, 1.165) is 11.1 Å². The van der Waals surface area contributed by atoms with Crippen LogP contribution in [0.2, 0.25) is 5.02 Å². The summed E-state index contributed by atoms with van der Waals surface area (Å²) in [4.78, 5) is 26.6. The SMILES string of the molecule is CCC[C@H](C(=O)O)N1C(=O)CO[C@H](c2ccc(Cl)cc2)[C@@H]1c1ccc(C2CC2)cc1. The second-order valence-electron chi connectivity index (χ2n) is 8.11. The van der Waals surface area contributed by atoms with Gasteiger partial charge in [-0.1, -0.05) is 61.3 Å². The lowest BCUT2D eigenvalue weighted by Gasteiger charge is -2.44. The maximum Gasteiger partial charge on any atom is 0.326 e. The fourth-order valence-corrected chi connectivity index (χ4v) is 4.42. The molecule has 1 N–H and O–H groups in total. The number of hydrogen-bond donors (Lipinski definition) is 1. The van der Waals surface area contributed by atoms with Gasteiger partial charge in [0.05, 0.1) is 6.04 Å². The summed E-state index contributed by atoms with van der Waals surface area (Å²) in [6, 6.07) is 14.1. The second kappa shape index (κ2) is 8.78. The summed E-state index contributed by atoms with van der Waals surface area (Å²) in [5.74, 6) is -0.655. The average molecular weight is 428 g/mol. The van der Waals surface area contributed by atoms with Crippen LogP contribution in [0.1, 0.15) is 67.4 Å². The first-order valence-electron chi connectivity index (χ1n) is 10.5. The first-order valence-corrected chi connectivity index (χ1v) is 10.9. The number of amides is 1. The van der Waals surface area contributed by atoms with Crippen LogP contribution < -0.4 is 0 Å². The molecule has 1 saturated heterocycles. The Morgan fingerprint density at radius 3 is 2.27 bits per heavy atom. The van der Waals surface area contributed by atoms with Crippen molar-refractivity contribution >= 4 is 23.5 Å². The number of ether oxygens (including phenoxy) is 1. The highest BCUT2D eigenvalue weighted by molar-refractivity contribution is 6.30. The van der Waals surface area contributed by atoms with Gasteiger partial charge in [-0.2, -0.15) is 0 Å². The van der Waals surface area contributed by atoms with E-state index < -0.39 is 24.2 Å². The molecule has 4 rings (SSSR count). The first kappa shape index (κ1) is 20.9. The summed E-state index contributed by atoms with van der Waals surface area (Å²) < 4.78 is 5.98. The van der Waals surface area contributed by atoms with Crippen LogP contribution in [0.4, 0.5) is 0 Å².